The Labute approximate surface area is 118 Å². The lowest BCUT2D eigenvalue weighted by molar-refractivity contribution is 0.0602. The van der Waals surface area contributed by atoms with Crippen molar-refractivity contribution in [3.05, 3.63) is 0 Å². The molecule has 1 saturated carbocycles. The first-order valence-electron chi connectivity index (χ1n) is 7.29. The standard InChI is InChI=1S/C14H30N2O2S/c1-12(2)13-5-7-14(11-15,8-6-13)16(3)9-10-19(4,17)18/h12-13H,5-11,15H2,1-4H3. The van der Waals surface area contributed by atoms with Crippen molar-refractivity contribution in [2.24, 2.45) is 17.6 Å². The second kappa shape index (κ2) is 6.55. The highest BCUT2D eigenvalue weighted by Gasteiger charge is 2.38. The Hall–Kier alpha value is -0.130. The lowest BCUT2D eigenvalue weighted by Gasteiger charge is -2.46. The highest BCUT2D eigenvalue weighted by Crippen LogP contribution is 2.38. The van der Waals surface area contributed by atoms with Crippen LogP contribution in [0.15, 0.2) is 0 Å². The fraction of sp³-hybridized carbons (Fsp3) is 1.00. The van der Waals surface area contributed by atoms with Crippen LogP contribution in [0.5, 0.6) is 0 Å². The number of hydrogen-bond acceptors (Lipinski definition) is 4. The molecular formula is C14H30N2O2S. The molecule has 0 aromatic carbocycles. The predicted molar refractivity (Wildman–Crippen MR) is 80.9 cm³/mol. The second-order valence-corrected chi connectivity index (χ2v) is 8.82. The van der Waals surface area contributed by atoms with Crippen molar-refractivity contribution in [2.45, 2.75) is 45.1 Å². The van der Waals surface area contributed by atoms with Crippen molar-refractivity contribution >= 4 is 9.84 Å². The Kier molecular flexibility index (Phi) is 5.83. The van der Waals surface area contributed by atoms with Crippen molar-refractivity contribution in [1.29, 1.82) is 0 Å². The summed E-state index contributed by atoms with van der Waals surface area (Å²) in [6.45, 7) is 5.78. The molecule has 0 amide bonds. The van der Waals surface area contributed by atoms with Crippen LogP contribution in [0.4, 0.5) is 0 Å². The molecule has 0 spiro atoms. The first-order chi connectivity index (χ1) is 8.70. The molecule has 1 aliphatic rings. The zero-order valence-corrected chi connectivity index (χ0v) is 13.7. The summed E-state index contributed by atoms with van der Waals surface area (Å²) in [5.41, 5.74) is 6.02. The zero-order valence-electron chi connectivity index (χ0n) is 12.9. The van der Waals surface area contributed by atoms with Crippen LogP contribution in [0.25, 0.3) is 0 Å². The fourth-order valence-corrected chi connectivity index (χ4v) is 3.73. The van der Waals surface area contributed by atoms with E-state index in [0.29, 0.717) is 13.1 Å². The molecule has 0 aliphatic heterocycles. The third-order valence-electron chi connectivity index (χ3n) is 4.89. The van der Waals surface area contributed by atoms with Gasteiger partial charge >= 0.3 is 0 Å². The van der Waals surface area contributed by atoms with Crippen LogP contribution in [0, 0.1) is 11.8 Å². The van der Waals surface area contributed by atoms with Gasteiger partial charge in [0.1, 0.15) is 9.84 Å². The lowest BCUT2D eigenvalue weighted by Crippen LogP contribution is -2.55. The van der Waals surface area contributed by atoms with Gasteiger partial charge < -0.3 is 5.73 Å². The van der Waals surface area contributed by atoms with Gasteiger partial charge in [0, 0.05) is 24.9 Å². The SMILES string of the molecule is CC(C)C1CCC(CN)(N(C)CCS(C)(=O)=O)CC1. The van der Waals surface area contributed by atoms with Crippen molar-refractivity contribution < 1.29 is 8.42 Å². The molecular weight excluding hydrogens is 260 g/mol. The smallest absolute Gasteiger partial charge is 0.148 e. The molecule has 0 bridgehead atoms. The second-order valence-electron chi connectivity index (χ2n) is 6.56. The molecule has 5 heteroatoms. The van der Waals surface area contributed by atoms with Gasteiger partial charge in [0.2, 0.25) is 0 Å². The number of rotatable bonds is 6. The van der Waals surface area contributed by atoms with E-state index in [2.05, 4.69) is 18.7 Å². The van der Waals surface area contributed by atoms with E-state index < -0.39 is 9.84 Å². The fourth-order valence-electron chi connectivity index (χ4n) is 3.13. The van der Waals surface area contributed by atoms with Gasteiger partial charge in [-0.25, -0.2) is 8.42 Å². The molecule has 0 radical (unpaired) electrons. The van der Waals surface area contributed by atoms with E-state index in [1.165, 1.54) is 19.1 Å². The van der Waals surface area contributed by atoms with Crippen molar-refractivity contribution in [3.8, 4) is 0 Å². The molecule has 4 nitrogen and oxygen atoms in total. The molecule has 0 heterocycles. The Balaban J connectivity index is 2.62. The van der Waals surface area contributed by atoms with Gasteiger partial charge in [0.15, 0.2) is 0 Å². The molecule has 1 fully saturated rings. The van der Waals surface area contributed by atoms with Crippen LogP contribution < -0.4 is 5.73 Å². The van der Waals surface area contributed by atoms with Crippen LogP contribution in [-0.4, -0.2) is 51.0 Å². The Bertz CT molecular complexity index is 371. The highest BCUT2D eigenvalue weighted by atomic mass is 32.2. The predicted octanol–water partition coefficient (Wildman–Crippen LogP) is 1.51. The molecule has 0 aromatic heterocycles. The van der Waals surface area contributed by atoms with E-state index in [1.54, 1.807) is 0 Å². The van der Waals surface area contributed by atoms with Gasteiger partial charge in [-0.05, 0) is 44.6 Å². The molecule has 2 N–H and O–H groups in total. The lowest BCUT2D eigenvalue weighted by atomic mass is 9.72. The van der Waals surface area contributed by atoms with Crippen molar-refractivity contribution in [2.75, 3.05) is 32.1 Å². The molecule has 1 rings (SSSR count). The summed E-state index contributed by atoms with van der Waals surface area (Å²) in [5, 5.41) is 0. The van der Waals surface area contributed by atoms with Gasteiger partial charge in [-0.3, -0.25) is 4.90 Å². The molecule has 0 atom stereocenters. The maximum atomic E-state index is 11.3. The van der Waals surface area contributed by atoms with Gasteiger partial charge in [0.05, 0.1) is 5.75 Å². The van der Waals surface area contributed by atoms with Crippen LogP contribution in [-0.2, 0) is 9.84 Å². The average molecular weight is 290 g/mol. The minimum absolute atomic E-state index is 0.0100. The normalized spacial score (nSPS) is 29.1. The third kappa shape index (κ3) is 4.72. The number of likely N-dealkylation sites (N-methyl/N-ethyl adjacent to an activating group) is 1. The van der Waals surface area contributed by atoms with E-state index in [1.807, 2.05) is 7.05 Å². The largest absolute Gasteiger partial charge is 0.329 e. The van der Waals surface area contributed by atoms with E-state index in [-0.39, 0.29) is 11.3 Å². The molecule has 114 valence electrons. The summed E-state index contributed by atoms with van der Waals surface area (Å²) in [6.07, 6.45) is 5.89. The molecule has 0 saturated heterocycles. The van der Waals surface area contributed by atoms with E-state index in [0.717, 1.165) is 24.7 Å². The minimum Gasteiger partial charge on any atom is -0.329 e. The maximum Gasteiger partial charge on any atom is 0.148 e. The van der Waals surface area contributed by atoms with Gasteiger partial charge in [-0.2, -0.15) is 0 Å². The van der Waals surface area contributed by atoms with Crippen LogP contribution >= 0.6 is 0 Å². The first-order valence-corrected chi connectivity index (χ1v) is 9.35. The Morgan fingerprint density at radius 3 is 2.21 bits per heavy atom. The first kappa shape index (κ1) is 16.9. The maximum absolute atomic E-state index is 11.3. The number of nitrogens with zero attached hydrogens (tertiary/aromatic N) is 1. The van der Waals surface area contributed by atoms with E-state index >= 15 is 0 Å². The van der Waals surface area contributed by atoms with E-state index in [9.17, 15) is 8.42 Å². The topological polar surface area (TPSA) is 63.4 Å². The summed E-state index contributed by atoms with van der Waals surface area (Å²) in [7, 11) is -0.878. The van der Waals surface area contributed by atoms with E-state index in [4.69, 9.17) is 5.73 Å². The molecule has 0 aromatic rings. The monoisotopic (exact) mass is 290 g/mol. The summed E-state index contributed by atoms with van der Waals surface area (Å²) < 4.78 is 22.6. The molecule has 19 heavy (non-hydrogen) atoms. The van der Waals surface area contributed by atoms with Gasteiger partial charge in [-0.1, -0.05) is 13.8 Å². The summed E-state index contributed by atoms with van der Waals surface area (Å²) in [6, 6.07) is 0. The quantitative estimate of drug-likeness (QED) is 0.805. The highest BCUT2D eigenvalue weighted by molar-refractivity contribution is 7.90. The van der Waals surface area contributed by atoms with Crippen molar-refractivity contribution in [3.63, 3.8) is 0 Å². The number of hydrogen-bond donors (Lipinski definition) is 1. The van der Waals surface area contributed by atoms with Gasteiger partial charge in [0.25, 0.3) is 0 Å². The van der Waals surface area contributed by atoms with Crippen LogP contribution in [0.1, 0.15) is 39.5 Å². The van der Waals surface area contributed by atoms with Crippen molar-refractivity contribution in [1.82, 2.24) is 4.90 Å². The summed E-state index contributed by atoms with van der Waals surface area (Å²) in [4.78, 5) is 2.19. The van der Waals surface area contributed by atoms with Gasteiger partial charge in [-0.15, -0.1) is 0 Å². The van der Waals surface area contributed by atoms with Crippen LogP contribution in [0.3, 0.4) is 0 Å². The zero-order chi connectivity index (χ0) is 14.7. The molecule has 1 aliphatic carbocycles. The third-order valence-corrected chi connectivity index (χ3v) is 5.82. The number of nitrogens with two attached hydrogens (primary N) is 1. The summed E-state index contributed by atoms with van der Waals surface area (Å²) in [5.74, 6) is 1.75. The summed E-state index contributed by atoms with van der Waals surface area (Å²) >= 11 is 0. The van der Waals surface area contributed by atoms with Crippen LogP contribution in [0.2, 0.25) is 0 Å². The number of sulfone groups is 1. The minimum atomic E-state index is -2.90. The Morgan fingerprint density at radius 2 is 1.84 bits per heavy atom. The average Bonchev–Trinajstić information content (AvgIpc) is 2.35. The Morgan fingerprint density at radius 1 is 1.32 bits per heavy atom. The molecule has 0 unspecified atom stereocenters.